The van der Waals surface area contributed by atoms with Gasteiger partial charge in [-0.2, -0.15) is 0 Å². The number of hydrogen-bond donors (Lipinski definition) is 2. The predicted molar refractivity (Wildman–Crippen MR) is 79.9 cm³/mol. The van der Waals surface area contributed by atoms with E-state index in [-0.39, 0.29) is 17.3 Å². The smallest absolute Gasteiger partial charge is 0.189 e. The fourth-order valence-electron chi connectivity index (χ4n) is 2.35. The monoisotopic (exact) mass is 330 g/mol. The lowest BCUT2D eigenvalue weighted by Crippen LogP contribution is -1.95. The molecule has 2 aromatic carbocycles. The van der Waals surface area contributed by atoms with E-state index in [4.69, 9.17) is 0 Å². The lowest BCUT2D eigenvalue weighted by Gasteiger charge is -2.01. The van der Waals surface area contributed by atoms with Crippen molar-refractivity contribution in [2.75, 3.05) is 0 Å². The molecule has 3 rings (SSSR count). The Morgan fingerprint density at radius 2 is 1.95 bits per heavy atom. The van der Waals surface area contributed by atoms with Gasteiger partial charge >= 0.3 is 0 Å². The predicted octanol–water partition coefficient (Wildman–Crippen LogP) is 3.68. The average molecular weight is 331 g/mol. The second kappa shape index (κ2) is 4.80. The van der Waals surface area contributed by atoms with Crippen LogP contribution in [0.1, 0.15) is 21.5 Å². The summed E-state index contributed by atoms with van der Waals surface area (Å²) in [5.74, 6) is -0.0671. The number of hydrogen-bond acceptors (Lipinski definition) is 3. The Kier molecular flexibility index (Phi) is 3.10. The van der Waals surface area contributed by atoms with Gasteiger partial charge in [0.2, 0.25) is 0 Å². The number of aromatic hydroxyl groups is 2. The number of rotatable bonds is 1. The van der Waals surface area contributed by atoms with Gasteiger partial charge in [0.05, 0.1) is 0 Å². The van der Waals surface area contributed by atoms with E-state index in [1.165, 1.54) is 12.1 Å². The highest BCUT2D eigenvalue weighted by atomic mass is 79.9. The third kappa shape index (κ3) is 2.12. The van der Waals surface area contributed by atoms with Crippen molar-refractivity contribution in [3.05, 3.63) is 63.1 Å². The molecule has 0 bridgehead atoms. The lowest BCUT2D eigenvalue weighted by atomic mass is 10.1. The molecule has 0 aliphatic heterocycles. The Morgan fingerprint density at radius 1 is 1.15 bits per heavy atom. The third-order valence-electron chi connectivity index (χ3n) is 3.37. The number of ketones is 1. The SMILES string of the molecule is O=C1/C(=C/c2ccc(O)cc2O)Cc2c(Br)cccc21. The van der Waals surface area contributed by atoms with E-state index in [9.17, 15) is 15.0 Å². The number of phenols is 2. The summed E-state index contributed by atoms with van der Waals surface area (Å²) in [6, 6.07) is 9.88. The third-order valence-corrected chi connectivity index (χ3v) is 4.11. The maximum Gasteiger partial charge on any atom is 0.189 e. The molecule has 0 saturated heterocycles. The zero-order valence-electron chi connectivity index (χ0n) is 10.4. The van der Waals surface area contributed by atoms with Crippen LogP contribution in [0.5, 0.6) is 11.5 Å². The number of benzene rings is 2. The molecule has 0 amide bonds. The molecule has 0 fully saturated rings. The van der Waals surface area contributed by atoms with Gasteiger partial charge in [0.15, 0.2) is 5.78 Å². The Labute approximate surface area is 124 Å². The summed E-state index contributed by atoms with van der Waals surface area (Å²) < 4.78 is 0.918. The molecule has 0 unspecified atom stereocenters. The van der Waals surface area contributed by atoms with Gasteiger partial charge in [-0.05, 0) is 29.8 Å². The van der Waals surface area contributed by atoms with Crippen LogP contribution >= 0.6 is 15.9 Å². The van der Waals surface area contributed by atoms with Gasteiger partial charge in [-0.15, -0.1) is 0 Å². The Bertz CT molecular complexity index is 747. The first kappa shape index (κ1) is 12.9. The van der Waals surface area contributed by atoms with Crippen molar-refractivity contribution in [3.63, 3.8) is 0 Å². The van der Waals surface area contributed by atoms with E-state index in [1.54, 1.807) is 18.2 Å². The van der Waals surface area contributed by atoms with Crippen LogP contribution in [0.2, 0.25) is 0 Å². The lowest BCUT2D eigenvalue weighted by molar-refractivity contribution is 0.104. The molecule has 0 radical (unpaired) electrons. The van der Waals surface area contributed by atoms with Crippen LogP contribution in [0.15, 0.2) is 46.4 Å². The Balaban J connectivity index is 2.04. The van der Waals surface area contributed by atoms with E-state index < -0.39 is 0 Å². The quantitative estimate of drug-likeness (QED) is 0.784. The van der Waals surface area contributed by atoms with Crippen molar-refractivity contribution < 1.29 is 15.0 Å². The van der Waals surface area contributed by atoms with Gasteiger partial charge in [0.25, 0.3) is 0 Å². The highest BCUT2D eigenvalue weighted by Crippen LogP contribution is 2.34. The zero-order chi connectivity index (χ0) is 14.3. The van der Waals surface area contributed by atoms with Gasteiger partial charge in [-0.25, -0.2) is 0 Å². The van der Waals surface area contributed by atoms with Crippen LogP contribution in [-0.4, -0.2) is 16.0 Å². The largest absolute Gasteiger partial charge is 0.508 e. The van der Waals surface area contributed by atoms with E-state index in [1.807, 2.05) is 12.1 Å². The highest BCUT2D eigenvalue weighted by molar-refractivity contribution is 9.10. The molecule has 1 aliphatic carbocycles. The number of fused-ring (bicyclic) bond motifs is 1. The molecule has 3 nitrogen and oxygen atoms in total. The van der Waals surface area contributed by atoms with Crippen LogP contribution in [0.25, 0.3) is 6.08 Å². The van der Waals surface area contributed by atoms with Crippen molar-refractivity contribution in [3.8, 4) is 11.5 Å². The first-order chi connectivity index (χ1) is 9.56. The minimum atomic E-state index is -0.0414. The van der Waals surface area contributed by atoms with Crippen LogP contribution in [0.4, 0.5) is 0 Å². The van der Waals surface area contributed by atoms with Gasteiger partial charge in [-0.3, -0.25) is 4.79 Å². The van der Waals surface area contributed by atoms with E-state index in [0.29, 0.717) is 23.1 Å². The van der Waals surface area contributed by atoms with Gasteiger partial charge < -0.3 is 10.2 Å². The van der Waals surface area contributed by atoms with Crippen LogP contribution in [-0.2, 0) is 6.42 Å². The van der Waals surface area contributed by atoms with Gasteiger partial charge in [0, 0.05) is 33.7 Å². The van der Waals surface area contributed by atoms with Crippen molar-refractivity contribution in [1.29, 1.82) is 0 Å². The highest BCUT2D eigenvalue weighted by Gasteiger charge is 2.26. The van der Waals surface area contributed by atoms with Crippen molar-refractivity contribution in [1.82, 2.24) is 0 Å². The molecule has 0 heterocycles. The summed E-state index contributed by atoms with van der Waals surface area (Å²) in [7, 11) is 0. The van der Waals surface area contributed by atoms with Crippen LogP contribution < -0.4 is 0 Å². The standard InChI is InChI=1S/C16H11BrO3/c17-14-3-1-2-12-13(14)7-10(16(12)20)6-9-4-5-11(18)8-15(9)19/h1-6,8,18-19H,7H2/b10-6+. The van der Waals surface area contributed by atoms with Gasteiger partial charge in [-0.1, -0.05) is 28.1 Å². The summed E-state index contributed by atoms with van der Waals surface area (Å²) in [6.07, 6.45) is 2.21. The fraction of sp³-hybridized carbons (Fsp3) is 0.0625. The van der Waals surface area contributed by atoms with Crippen molar-refractivity contribution in [2.24, 2.45) is 0 Å². The fourth-order valence-corrected chi connectivity index (χ4v) is 2.86. The molecule has 1 aliphatic rings. The van der Waals surface area contributed by atoms with Crippen molar-refractivity contribution in [2.45, 2.75) is 6.42 Å². The van der Waals surface area contributed by atoms with Crippen LogP contribution in [0.3, 0.4) is 0 Å². The molecule has 0 atom stereocenters. The molecule has 2 N–H and O–H groups in total. The molecule has 100 valence electrons. The molecule has 4 heteroatoms. The van der Waals surface area contributed by atoms with Crippen molar-refractivity contribution >= 4 is 27.8 Å². The minimum Gasteiger partial charge on any atom is -0.508 e. The summed E-state index contributed by atoms with van der Waals surface area (Å²) in [4.78, 5) is 12.3. The molecule has 0 aromatic heterocycles. The molecule has 20 heavy (non-hydrogen) atoms. The summed E-state index contributed by atoms with van der Waals surface area (Å²) in [5.41, 5.74) is 2.83. The first-order valence-corrected chi connectivity index (χ1v) is 6.90. The maximum atomic E-state index is 12.3. The number of halogens is 1. The average Bonchev–Trinajstić information content (AvgIpc) is 2.72. The normalized spacial score (nSPS) is 15.7. The zero-order valence-corrected chi connectivity index (χ0v) is 12.0. The summed E-state index contributed by atoms with van der Waals surface area (Å²) >= 11 is 3.45. The summed E-state index contributed by atoms with van der Waals surface area (Å²) in [5, 5.41) is 19.1. The van der Waals surface area contributed by atoms with E-state index in [2.05, 4.69) is 15.9 Å². The van der Waals surface area contributed by atoms with Crippen LogP contribution in [0, 0.1) is 0 Å². The molecular weight excluding hydrogens is 320 g/mol. The number of carbonyl (C=O) groups excluding carboxylic acids is 1. The Hall–Kier alpha value is -2.07. The number of Topliss-reactive ketones (excluding diaryl/α,β-unsaturated/α-hetero) is 1. The van der Waals surface area contributed by atoms with E-state index >= 15 is 0 Å². The number of phenolic OH excluding ortho intramolecular Hbond substituents is 2. The molecule has 0 saturated carbocycles. The molecule has 2 aromatic rings. The van der Waals surface area contributed by atoms with E-state index in [0.717, 1.165) is 10.0 Å². The Morgan fingerprint density at radius 3 is 2.65 bits per heavy atom. The number of carbonyl (C=O) groups is 1. The molecular formula is C16H11BrO3. The maximum absolute atomic E-state index is 12.3. The number of allylic oxidation sites excluding steroid dienone is 1. The summed E-state index contributed by atoms with van der Waals surface area (Å²) in [6.45, 7) is 0. The second-order valence-corrected chi connectivity index (χ2v) is 5.54. The molecule has 0 spiro atoms. The second-order valence-electron chi connectivity index (χ2n) is 4.68. The minimum absolute atomic E-state index is 0.00608. The van der Waals surface area contributed by atoms with Gasteiger partial charge in [0.1, 0.15) is 11.5 Å². The topological polar surface area (TPSA) is 57.5 Å². The first-order valence-electron chi connectivity index (χ1n) is 6.11.